The van der Waals surface area contributed by atoms with Gasteiger partial charge in [0.1, 0.15) is 0 Å². The molecule has 3 aromatic rings. The molecule has 0 N–H and O–H groups in total. The van der Waals surface area contributed by atoms with Gasteiger partial charge in [0.05, 0.1) is 12.4 Å². The Morgan fingerprint density at radius 2 is 2.00 bits per heavy atom. The molecule has 0 radical (unpaired) electrons. The van der Waals surface area contributed by atoms with Crippen LogP contribution in [0.2, 0.25) is 0 Å². The molecule has 0 bridgehead atoms. The lowest BCUT2D eigenvalue weighted by Gasteiger charge is -2.06. The second kappa shape index (κ2) is 7.58. The van der Waals surface area contributed by atoms with E-state index in [1.54, 1.807) is 0 Å². The molecule has 3 nitrogen and oxygen atoms in total. The molecule has 0 atom stereocenters. The fourth-order valence-corrected chi connectivity index (χ4v) is 3.69. The van der Waals surface area contributed by atoms with Gasteiger partial charge in [0.15, 0.2) is 0 Å². The Morgan fingerprint density at radius 1 is 1.17 bits per heavy atom. The maximum Gasteiger partial charge on any atom is 0.316 e. The van der Waals surface area contributed by atoms with Gasteiger partial charge in [-0.05, 0) is 25.5 Å². The Balaban J connectivity index is 1.87. The molecule has 0 aliphatic carbocycles. The average molecular weight is 339 g/mol. The van der Waals surface area contributed by atoms with Crippen LogP contribution in [0.15, 0.2) is 59.6 Å². The molecule has 4 heteroatoms. The second-order valence-corrected chi connectivity index (χ2v) is 6.74. The lowest BCUT2D eigenvalue weighted by atomic mass is 10.1. The van der Waals surface area contributed by atoms with Gasteiger partial charge >= 0.3 is 5.97 Å². The lowest BCUT2D eigenvalue weighted by Crippen LogP contribution is -2.06. The highest BCUT2D eigenvalue weighted by molar-refractivity contribution is 8.00. The second-order valence-electron chi connectivity index (χ2n) is 5.72. The summed E-state index contributed by atoms with van der Waals surface area (Å²) in [5.74, 6) is 0.171. The highest BCUT2D eigenvalue weighted by atomic mass is 32.2. The summed E-state index contributed by atoms with van der Waals surface area (Å²) in [5.41, 5.74) is 3.73. The molecule has 0 saturated carbocycles. The first-order valence-corrected chi connectivity index (χ1v) is 9.07. The number of ether oxygens (including phenoxy) is 1. The molecule has 24 heavy (non-hydrogen) atoms. The first-order valence-electron chi connectivity index (χ1n) is 8.09. The van der Waals surface area contributed by atoms with Crippen LogP contribution in [0.3, 0.4) is 0 Å². The van der Waals surface area contributed by atoms with Gasteiger partial charge in [-0.25, -0.2) is 0 Å². The highest BCUT2D eigenvalue weighted by Gasteiger charge is 2.11. The van der Waals surface area contributed by atoms with Gasteiger partial charge in [-0.3, -0.25) is 4.79 Å². The topological polar surface area (TPSA) is 31.2 Å². The summed E-state index contributed by atoms with van der Waals surface area (Å²) < 4.78 is 7.27. The van der Waals surface area contributed by atoms with Gasteiger partial charge in [0, 0.05) is 28.5 Å². The van der Waals surface area contributed by atoms with Gasteiger partial charge in [-0.1, -0.05) is 48.0 Å². The molecule has 124 valence electrons. The molecule has 0 saturated heterocycles. The molecule has 1 heterocycles. The molecule has 0 amide bonds. The van der Waals surface area contributed by atoms with Crippen molar-refractivity contribution in [1.82, 2.24) is 4.57 Å². The van der Waals surface area contributed by atoms with E-state index < -0.39 is 0 Å². The molecule has 0 spiro atoms. The van der Waals surface area contributed by atoms with Gasteiger partial charge in [0.25, 0.3) is 0 Å². The number of carbonyl (C=O) groups is 1. The number of hydrogen-bond acceptors (Lipinski definition) is 3. The first kappa shape index (κ1) is 16.7. The van der Waals surface area contributed by atoms with Crippen molar-refractivity contribution < 1.29 is 9.53 Å². The van der Waals surface area contributed by atoms with Gasteiger partial charge < -0.3 is 9.30 Å². The van der Waals surface area contributed by atoms with Crippen molar-refractivity contribution in [2.75, 3.05) is 12.4 Å². The molecule has 0 fully saturated rings. The van der Waals surface area contributed by atoms with E-state index in [1.807, 2.05) is 13.0 Å². The predicted molar refractivity (Wildman–Crippen MR) is 99.6 cm³/mol. The zero-order valence-electron chi connectivity index (χ0n) is 14.0. The van der Waals surface area contributed by atoms with Crippen LogP contribution >= 0.6 is 11.8 Å². The van der Waals surface area contributed by atoms with Gasteiger partial charge in [-0.2, -0.15) is 0 Å². The third-order valence-corrected chi connectivity index (χ3v) is 4.85. The summed E-state index contributed by atoms with van der Waals surface area (Å²) in [6.45, 7) is 5.19. The van der Waals surface area contributed by atoms with Crippen LogP contribution in [0.5, 0.6) is 0 Å². The number of para-hydroxylation sites is 1. The number of rotatable bonds is 6. The molecular weight excluding hydrogens is 318 g/mol. The summed E-state index contributed by atoms with van der Waals surface area (Å²) in [6, 6.07) is 16.9. The molecular formula is C20H21NO2S. The van der Waals surface area contributed by atoms with Crippen molar-refractivity contribution in [3.63, 3.8) is 0 Å². The largest absolute Gasteiger partial charge is 0.465 e. The Bertz CT molecular complexity index is 854. The summed E-state index contributed by atoms with van der Waals surface area (Å²) in [5, 5.41) is 1.18. The van der Waals surface area contributed by atoms with Crippen LogP contribution in [-0.2, 0) is 16.1 Å². The van der Waals surface area contributed by atoms with Crippen LogP contribution in [0.4, 0.5) is 0 Å². The lowest BCUT2D eigenvalue weighted by molar-refractivity contribution is -0.139. The minimum Gasteiger partial charge on any atom is -0.465 e. The third kappa shape index (κ3) is 3.82. The molecule has 0 aliphatic heterocycles. The molecule has 2 aromatic carbocycles. The minimum absolute atomic E-state index is 0.169. The van der Waals surface area contributed by atoms with E-state index in [0.29, 0.717) is 12.4 Å². The number of esters is 1. The zero-order valence-corrected chi connectivity index (χ0v) is 14.8. The minimum atomic E-state index is -0.169. The normalized spacial score (nSPS) is 10.9. The van der Waals surface area contributed by atoms with Crippen LogP contribution in [-0.4, -0.2) is 22.9 Å². The van der Waals surface area contributed by atoms with E-state index in [1.165, 1.54) is 33.8 Å². The fraction of sp³-hybridized carbons (Fsp3) is 0.250. The zero-order chi connectivity index (χ0) is 16.9. The van der Waals surface area contributed by atoms with Gasteiger partial charge in [-0.15, -0.1) is 11.8 Å². The quantitative estimate of drug-likeness (QED) is 0.484. The van der Waals surface area contributed by atoms with Crippen LogP contribution in [0.25, 0.3) is 10.9 Å². The number of carbonyl (C=O) groups excluding carboxylic acids is 1. The summed E-state index contributed by atoms with van der Waals surface area (Å²) in [7, 11) is 0. The number of nitrogens with zero attached hydrogens (tertiary/aromatic N) is 1. The number of fused-ring (bicyclic) bond motifs is 1. The summed E-state index contributed by atoms with van der Waals surface area (Å²) in [6.07, 6.45) is 2.14. The fourth-order valence-electron chi connectivity index (χ4n) is 2.81. The van der Waals surface area contributed by atoms with E-state index in [0.717, 1.165) is 11.4 Å². The van der Waals surface area contributed by atoms with E-state index in [9.17, 15) is 4.79 Å². The number of benzene rings is 2. The van der Waals surface area contributed by atoms with Crippen molar-refractivity contribution in [3.05, 3.63) is 65.9 Å². The van der Waals surface area contributed by atoms with Crippen LogP contribution in [0.1, 0.15) is 18.1 Å². The number of aryl methyl sites for hydroxylation is 1. The van der Waals surface area contributed by atoms with Crippen molar-refractivity contribution in [2.45, 2.75) is 25.3 Å². The van der Waals surface area contributed by atoms with Crippen molar-refractivity contribution >= 4 is 28.6 Å². The van der Waals surface area contributed by atoms with Gasteiger partial charge in [0.2, 0.25) is 0 Å². The van der Waals surface area contributed by atoms with E-state index in [-0.39, 0.29) is 5.97 Å². The number of aromatic nitrogens is 1. The molecule has 0 unspecified atom stereocenters. The van der Waals surface area contributed by atoms with Crippen molar-refractivity contribution in [2.24, 2.45) is 0 Å². The Kier molecular flexibility index (Phi) is 5.26. The molecule has 3 rings (SSSR count). The Labute approximate surface area is 146 Å². The van der Waals surface area contributed by atoms with Crippen LogP contribution < -0.4 is 0 Å². The standard InChI is InChI=1S/C20H21NO2S/c1-3-23-20(22)14-24-19-13-21(18-10-5-4-9-17(18)19)12-16-8-6-7-15(2)11-16/h4-11,13H,3,12,14H2,1-2H3. The molecule has 1 aromatic heterocycles. The number of thioether (sulfide) groups is 1. The smallest absolute Gasteiger partial charge is 0.316 e. The van der Waals surface area contributed by atoms with E-state index in [2.05, 4.69) is 60.2 Å². The first-order chi connectivity index (χ1) is 11.7. The maximum absolute atomic E-state index is 11.6. The van der Waals surface area contributed by atoms with Crippen LogP contribution in [0, 0.1) is 6.92 Å². The van der Waals surface area contributed by atoms with E-state index >= 15 is 0 Å². The average Bonchev–Trinajstić information content (AvgIpc) is 2.91. The maximum atomic E-state index is 11.6. The Hall–Kier alpha value is -2.20. The monoisotopic (exact) mass is 339 g/mol. The summed E-state index contributed by atoms with van der Waals surface area (Å²) >= 11 is 1.54. The third-order valence-electron chi connectivity index (χ3n) is 3.84. The Morgan fingerprint density at radius 3 is 2.79 bits per heavy atom. The summed E-state index contributed by atoms with van der Waals surface area (Å²) in [4.78, 5) is 12.8. The predicted octanol–water partition coefficient (Wildman–Crippen LogP) is 4.65. The molecule has 0 aliphatic rings. The highest BCUT2D eigenvalue weighted by Crippen LogP contribution is 2.30. The van der Waals surface area contributed by atoms with Crippen molar-refractivity contribution in [3.8, 4) is 0 Å². The number of hydrogen-bond donors (Lipinski definition) is 0. The SMILES string of the molecule is CCOC(=O)CSc1cn(Cc2cccc(C)c2)c2ccccc12. The van der Waals surface area contributed by atoms with Crippen molar-refractivity contribution in [1.29, 1.82) is 0 Å². The van der Waals surface area contributed by atoms with E-state index in [4.69, 9.17) is 4.74 Å².